The summed E-state index contributed by atoms with van der Waals surface area (Å²) in [6, 6.07) is 2.54. The first-order valence-electron chi connectivity index (χ1n) is 19.1. The number of alkyl halides is 3. The van der Waals surface area contributed by atoms with Crippen LogP contribution in [-0.4, -0.2) is 120 Å². The Morgan fingerprint density at radius 2 is 1.89 bits per heavy atom. The third-order valence-corrected chi connectivity index (χ3v) is 14.9. The highest BCUT2D eigenvalue weighted by Gasteiger charge is 2.68. The number of fused-ring (bicyclic) bond motifs is 3. The summed E-state index contributed by atoms with van der Waals surface area (Å²) in [6.07, 6.45) is 2.49. The number of aromatic nitrogens is 3. The van der Waals surface area contributed by atoms with E-state index in [0.29, 0.717) is 13.0 Å². The summed E-state index contributed by atoms with van der Waals surface area (Å²) in [6.45, 7) is 4.41. The van der Waals surface area contributed by atoms with Crippen molar-refractivity contribution in [2.24, 2.45) is 5.92 Å². The number of halogens is 6. The first-order chi connectivity index (χ1) is 26.9. The average molecular weight is 853 g/mol. The molecule has 306 valence electrons. The van der Waals surface area contributed by atoms with Crippen LogP contribution < -0.4 is 15.4 Å². The minimum Gasteiger partial charge on any atom is -0.597 e. The van der Waals surface area contributed by atoms with E-state index < -0.39 is 70.4 Å². The second-order valence-corrected chi connectivity index (χ2v) is 20.6. The second-order valence-electron chi connectivity index (χ2n) is 17.0. The molecule has 2 aromatic carbocycles. The van der Waals surface area contributed by atoms with Gasteiger partial charge in [-0.2, -0.15) is 9.97 Å². The minimum absolute atomic E-state index is 0.00779. The van der Waals surface area contributed by atoms with Crippen molar-refractivity contribution in [2.75, 3.05) is 56.5 Å². The Hall–Kier alpha value is -3.29. The van der Waals surface area contributed by atoms with Gasteiger partial charge in [0.25, 0.3) is 5.92 Å². The molecule has 9 rings (SSSR count). The largest absolute Gasteiger partial charge is 0.597 e. The molecule has 4 unspecified atom stereocenters. The normalized spacial score (nSPS) is 28.2. The molecule has 1 aliphatic carbocycles. The van der Waals surface area contributed by atoms with Gasteiger partial charge in [0, 0.05) is 53.9 Å². The summed E-state index contributed by atoms with van der Waals surface area (Å²) < 4.78 is 99.4. The van der Waals surface area contributed by atoms with Gasteiger partial charge in [-0.3, -0.25) is 9.69 Å². The molecule has 1 amide bonds. The molecule has 0 spiro atoms. The average Bonchev–Trinajstić information content (AvgIpc) is 4.01. The monoisotopic (exact) mass is 852 g/mol. The van der Waals surface area contributed by atoms with Crippen molar-refractivity contribution in [3.8, 4) is 17.1 Å². The number of nitrogens with zero attached hydrogens (tertiary/aromatic N) is 7. The van der Waals surface area contributed by atoms with E-state index in [1.807, 2.05) is 25.7 Å². The smallest absolute Gasteiger partial charge is 0.319 e. The van der Waals surface area contributed by atoms with Gasteiger partial charge in [-0.1, -0.05) is 22.9 Å². The van der Waals surface area contributed by atoms with Crippen LogP contribution in [0.4, 0.5) is 32.9 Å². The Morgan fingerprint density at radius 1 is 1.12 bits per heavy atom. The molecule has 0 bridgehead atoms. The lowest BCUT2D eigenvalue weighted by molar-refractivity contribution is -0.135. The maximum absolute atomic E-state index is 17.1. The van der Waals surface area contributed by atoms with Gasteiger partial charge in [0.2, 0.25) is 5.91 Å². The molecule has 57 heavy (non-hydrogen) atoms. The maximum atomic E-state index is 17.1. The lowest BCUT2D eigenvalue weighted by Gasteiger charge is -2.31. The van der Waals surface area contributed by atoms with Crippen LogP contribution in [0, 0.1) is 17.6 Å². The van der Waals surface area contributed by atoms with E-state index in [1.54, 1.807) is 4.31 Å². The zero-order chi connectivity index (χ0) is 40.3. The van der Waals surface area contributed by atoms with Crippen LogP contribution in [0.3, 0.4) is 0 Å². The highest BCUT2D eigenvalue weighted by Crippen LogP contribution is 2.51. The number of anilines is 2. The van der Waals surface area contributed by atoms with E-state index >= 15 is 13.2 Å². The quantitative estimate of drug-likeness (QED) is 0.118. The molecule has 5 fully saturated rings. The molecule has 4 aromatic rings. The first-order valence-corrected chi connectivity index (χ1v) is 21.4. The van der Waals surface area contributed by atoms with Crippen molar-refractivity contribution in [1.29, 1.82) is 0 Å². The van der Waals surface area contributed by atoms with Crippen molar-refractivity contribution < 1.29 is 36.0 Å². The molecule has 2 N–H and O–H groups in total. The molecule has 6 atom stereocenters. The summed E-state index contributed by atoms with van der Waals surface area (Å²) >= 11 is 6.20. The number of thiazole rings is 1. The van der Waals surface area contributed by atoms with Gasteiger partial charge in [0.1, 0.15) is 34.7 Å². The molecule has 5 aliphatic rings. The van der Waals surface area contributed by atoms with Crippen molar-refractivity contribution in [3.05, 3.63) is 34.9 Å². The highest BCUT2D eigenvalue weighted by molar-refractivity contribution is 7.90. The van der Waals surface area contributed by atoms with Gasteiger partial charge in [0.15, 0.2) is 17.0 Å². The molecule has 6 heterocycles. The number of ether oxygens (including phenoxy) is 1. The van der Waals surface area contributed by atoms with E-state index in [2.05, 4.69) is 15.0 Å². The summed E-state index contributed by atoms with van der Waals surface area (Å²) in [5, 5.41) is -0.0664. The van der Waals surface area contributed by atoms with Gasteiger partial charge >= 0.3 is 6.01 Å². The molecule has 4 saturated heterocycles. The third-order valence-electron chi connectivity index (χ3n) is 11.8. The molecule has 2 aromatic heterocycles. The van der Waals surface area contributed by atoms with Gasteiger partial charge < -0.3 is 24.8 Å². The van der Waals surface area contributed by atoms with Gasteiger partial charge in [-0.25, -0.2) is 26.9 Å². The number of hydrogen-bond donors (Lipinski definition) is 1. The molecule has 11 nitrogen and oxygen atoms in total. The van der Waals surface area contributed by atoms with E-state index in [0.717, 1.165) is 41.6 Å². The molecule has 1 saturated carbocycles. The summed E-state index contributed by atoms with van der Waals surface area (Å²) in [7, 11) is 0. The third kappa shape index (κ3) is 6.94. The molecule has 4 aliphatic heterocycles. The number of rotatable bonds is 8. The van der Waals surface area contributed by atoms with Gasteiger partial charge in [-0.05, 0) is 77.1 Å². The van der Waals surface area contributed by atoms with Crippen LogP contribution in [-0.2, 0) is 16.2 Å². The summed E-state index contributed by atoms with van der Waals surface area (Å²) in [5.74, 6) is -5.39. The predicted octanol–water partition coefficient (Wildman–Crippen LogP) is 6.58. The number of carbonyl (C=O) groups is 1. The molecule has 19 heteroatoms. The fourth-order valence-corrected chi connectivity index (χ4v) is 11.6. The Balaban J connectivity index is 1.09. The maximum Gasteiger partial charge on any atom is 0.319 e. The predicted molar refractivity (Wildman–Crippen MR) is 210 cm³/mol. The fourth-order valence-electron chi connectivity index (χ4n) is 9.03. The van der Waals surface area contributed by atoms with Gasteiger partial charge in [-0.15, -0.1) is 4.31 Å². The van der Waals surface area contributed by atoms with Crippen LogP contribution in [0.25, 0.3) is 32.2 Å². The van der Waals surface area contributed by atoms with Crippen molar-refractivity contribution >= 4 is 72.3 Å². The molecular formula is C38H42ClF5N8O3S2. The number of nitrogens with two attached hydrogens (primary N) is 1. The second kappa shape index (κ2) is 13.9. The first kappa shape index (κ1) is 39.2. The lowest BCUT2D eigenvalue weighted by atomic mass is 9.95. The number of amides is 1. The SMILES string of the molecule is CC(C)(C)[S+]([O-])N1C(C(=O)N2CCN(c3nc(OC[C@@]45CCCN4C[C@H](F)C5)nc4c(F)c(-c5ccc(F)c6sc(N)nc56)c(Cl)cc34)CC(F)(F)C2)C1C1CC1. The zero-order valence-electron chi connectivity index (χ0n) is 31.5. The zero-order valence-corrected chi connectivity index (χ0v) is 33.9. The molecule has 0 radical (unpaired) electrons. The highest BCUT2D eigenvalue weighted by atomic mass is 35.5. The van der Waals surface area contributed by atoms with E-state index in [1.165, 1.54) is 17.0 Å². The van der Waals surface area contributed by atoms with Crippen LogP contribution in [0.15, 0.2) is 18.2 Å². The lowest BCUT2D eigenvalue weighted by Crippen LogP contribution is -2.45. The number of carbonyl (C=O) groups excluding carboxylic acids is 1. The Morgan fingerprint density at radius 3 is 2.63 bits per heavy atom. The fraction of sp³-hybridized carbons (Fsp3) is 0.579. The van der Waals surface area contributed by atoms with Crippen molar-refractivity contribution in [2.45, 2.75) is 87.3 Å². The minimum atomic E-state index is -3.45. The van der Waals surface area contributed by atoms with E-state index in [9.17, 15) is 18.1 Å². The van der Waals surface area contributed by atoms with E-state index in [4.69, 9.17) is 22.1 Å². The summed E-state index contributed by atoms with van der Waals surface area (Å²) in [4.78, 5) is 31.7. The Kier molecular flexibility index (Phi) is 9.55. The van der Waals surface area contributed by atoms with Gasteiger partial charge in [0.05, 0.1) is 39.9 Å². The topological polar surface area (TPSA) is 127 Å². The standard InChI is InChI=1S/C38H42ClF5N8O3S2/c1-36(2,3)57(54)52-29(19-5-6-19)30(52)33(53)50-12-11-49(16-38(43,44)17-50)32-22-13-23(39)25(21-7-8-24(41)31-28(21)46-34(45)56-31)26(42)27(22)47-35(48-32)55-18-37-9-4-10-51(37)15-20(40)14-37/h7-8,13,19-20,29-30H,4-6,9-12,14-18H2,1-3H3,(H2,45,46)/t20-,29?,30?,37+,52?,57?/m1/s1. The van der Waals surface area contributed by atoms with Crippen LogP contribution in [0.2, 0.25) is 5.02 Å². The number of benzene rings is 2. The van der Waals surface area contributed by atoms with Crippen molar-refractivity contribution in [3.63, 3.8) is 0 Å². The Labute approximate surface area is 338 Å². The van der Waals surface area contributed by atoms with Crippen LogP contribution in [0.1, 0.15) is 52.9 Å². The van der Waals surface area contributed by atoms with Crippen LogP contribution in [0.5, 0.6) is 6.01 Å². The van der Waals surface area contributed by atoms with Crippen molar-refractivity contribution in [1.82, 2.24) is 29.1 Å². The summed E-state index contributed by atoms with van der Waals surface area (Å²) in [5.41, 5.74) is 5.08. The Bertz CT molecular complexity index is 2280. The number of nitrogen functional groups attached to an aromatic ring is 1. The number of hydrogen-bond acceptors (Lipinski definition) is 11. The van der Waals surface area contributed by atoms with Crippen LogP contribution >= 0.6 is 22.9 Å². The van der Waals surface area contributed by atoms with E-state index in [-0.39, 0.29) is 98.9 Å². The molecular weight excluding hydrogens is 811 g/mol.